The lowest BCUT2D eigenvalue weighted by atomic mass is 10.0. The standard InChI is InChI=1S/C23H26F2N6O2/c1-26-22(32)18-3-2-16(11-27-18)29-8-5-15(6-9-29)30-7-4-14(12-30)19-13-31-20(23(33)28-19)10-17(24)21(31)25/h2-3,10-11,13-15H,4-9,12H2,1H3,(H,26,32)(H,28,33). The highest BCUT2D eigenvalue weighted by atomic mass is 19.2. The van der Waals surface area contributed by atoms with Crippen LogP contribution >= 0.6 is 0 Å². The van der Waals surface area contributed by atoms with E-state index in [1.54, 1.807) is 19.3 Å². The molecule has 0 radical (unpaired) electrons. The van der Waals surface area contributed by atoms with E-state index in [4.69, 9.17) is 0 Å². The van der Waals surface area contributed by atoms with E-state index in [0.29, 0.717) is 17.4 Å². The van der Waals surface area contributed by atoms with Crippen molar-refractivity contribution in [3.05, 3.63) is 64.1 Å². The van der Waals surface area contributed by atoms with E-state index in [2.05, 4.69) is 25.1 Å². The number of rotatable bonds is 4. The molecule has 2 fully saturated rings. The Hall–Kier alpha value is -3.27. The maximum atomic E-state index is 14.0. The fourth-order valence-electron chi connectivity index (χ4n) is 5.04. The highest BCUT2D eigenvalue weighted by Crippen LogP contribution is 2.31. The summed E-state index contributed by atoms with van der Waals surface area (Å²) in [6.45, 7) is 3.47. The van der Waals surface area contributed by atoms with Crippen LogP contribution in [-0.4, -0.2) is 64.4 Å². The van der Waals surface area contributed by atoms with Gasteiger partial charge in [0.1, 0.15) is 11.2 Å². The molecule has 0 aliphatic carbocycles. The van der Waals surface area contributed by atoms with Gasteiger partial charge >= 0.3 is 0 Å². The molecular formula is C23H26F2N6O2. The summed E-state index contributed by atoms with van der Waals surface area (Å²) < 4.78 is 28.6. The minimum atomic E-state index is -1.03. The fourth-order valence-corrected chi connectivity index (χ4v) is 5.04. The van der Waals surface area contributed by atoms with Crippen molar-refractivity contribution < 1.29 is 13.6 Å². The summed E-state index contributed by atoms with van der Waals surface area (Å²) in [7, 11) is 1.58. The molecule has 2 aliphatic rings. The second-order valence-electron chi connectivity index (χ2n) is 8.76. The van der Waals surface area contributed by atoms with E-state index < -0.39 is 17.3 Å². The molecule has 3 aromatic heterocycles. The van der Waals surface area contributed by atoms with Crippen molar-refractivity contribution in [1.29, 1.82) is 0 Å². The van der Waals surface area contributed by atoms with Gasteiger partial charge in [-0.15, -0.1) is 0 Å². The van der Waals surface area contributed by atoms with Gasteiger partial charge in [-0.25, -0.2) is 9.37 Å². The monoisotopic (exact) mass is 456 g/mol. The number of likely N-dealkylation sites (tertiary alicyclic amines) is 1. The first-order valence-corrected chi connectivity index (χ1v) is 11.2. The zero-order valence-corrected chi connectivity index (χ0v) is 18.4. The number of nitrogens with zero attached hydrogens (tertiary/aromatic N) is 4. The Morgan fingerprint density at radius 3 is 2.67 bits per heavy atom. The number of H-pyrrole nitrogens is 1. The van der Waals surface area contributed by atoms with Crippen molar-refractivity contribution in [1.82, 2.24) is 24.6 Å². The lowest BCUT2D eigenvalue weighted by Gasteiger charge is -2.37. The minimum Gasteiger partial charge on any atom is -0.370 e. The molecule has 1 atom stereocenters. The molecule has 5 rings (SSSR count). The van der Waals surface area contributed by atoms with Crippen LogP contribution in [0.25, 0.3) is 5.52 Å². The molecule has 33 heavy (non-hydrogen) atoms. The summed E-state index contributed by atoms with van der Waals surface area (Å²) in [5.74, 6) is -2.17. The molecule has 0 spiro atoms. The molecule has 2 aliphatic heterocycles. The van der Waals surface area contributed by atoms with Crippen molar-refractivity contribution in [2.75, 3.05) is 38.1 Å². The van der Waals surface area contributed by atoms with Crippen molar-refractivity contribution in [2.24, 2.45) is 0 Å². The van der Waals surface area contributed by atoms with E-state index in [0.717, 1.165) is 61.6 Å². The van der Waals surface area contributed by atoms with Gasteiger partial charge in [-0.05, 0) is 37.9 Å². The Bertz CT molecular complexity index is 1230. The first-order valence-electron chi connectivity index (χ1n) is 11.2. The first-order chi connectivity index (χ1) is 15.9. The van der Waals surface area contributed by atoms with E-state index in [1.165, 1.54) is 6.20 Å². The first kappa shape index (κ1) is 21.6. The highest BCUT2D eigenvalue weighted by Gasteiger charge is 2.32. The minimum absolute atomic E-state index is 0.0196. The van der Waals surface area contributed by atoms with Crippen LogP contribution in [0.1, 0.15) is 41.4 Å². The van der Waals surface area contributed by atoms with Crippen LogP contribution < -0.4 is 15.8 Å². The average molecular weight is 456 g/mol. The van der Waals surface area contributed by atoms with E-state index in [9.17, 15) is 18.4 Å². The molecule has 0 saturated carbocycles. The number of halogens is 2. The summed E-state index contributed by atoms with van der Waals surface area (Å²) in [4.78, 5) is 35.8. The van der Waals surface area contributed by atoms with Gasteiger partial charge in [0.25, 0.3) is 11.5 Å². The maximum absolute atomic E-state index is 14.0. The van der Waals surface area contributed by atoms with Gasteiger partial charge in [0.15, 0.2) is 5.82 Å². The van der Waals surface area contributed by atoms with Gasteiger partial charge in [-0.3, -0.25) is 18.9 Å². The summed E-state index contributed by atoms with van der Waals surface area (Å²) in [6, 6.07) is 5.02. The zero-order chi connectivity index (χ0) is 23.1. The molecule has 0 aromatic carbocycles. The van der Waals surface area contributed by atoms with Crippen LogP contribution in [-0.2, 0) is 0 Å². The molecule has 2 saturated heterocycles. The number of piperidine rings is 1. The quantitative estimate of drug-likeness (QED) is 0.628. The normalized spacial score (nSPS) is 20.0. The maximum Gasteiger partial charge on any atom is 0.272 e. The van der Waals surface area contributed by atoms with Gasteiger partial charge < -0.3 is 15.2 Å². The largest absolute Gasteiger partial charge is 0.370 e. The Morgan fingerprint density at radius 1 is 1.18 bits per heavy atom. The van der Waals surface area contributed by atoms with Crippen molar-refractivity contribution in [3.63, 3.8) is 0 Å². The average Bonchev–Trinajstić information content (AvgIpc) is 3.45. The molecule has 8 nitrogen and oxygen atoms in total. The van der Waals surface area contributed by atoms with E-state index in [-0.39, 0.29) is 17.3 Å². The van der Waals surface area contributed by atoms with Gasteiger partial charge in [0.05, 0.1) is 11.9 Å². The topological polar surface area (TPSA) is 85.7 Å². The van der Waals surface area contributed by atoms with Gasteiger partial charge in [-0.2, -0.15) is 4.39 Å². The van der Waals surface area contributed by atoms with E-state index in [1.807, 2.05) is 6.07 Å². The molecule has 10 heteroatoms. The predicted octanol–water partition coefficient (Wildman–Crippen LogP) is 2.12. The summed E-state index contributed by atoms with van der Waals surface area (Å²) >= 11 is 0. The van der Waals surface area contributed by atoms with Crippen LogP contribution in [0.3, 0.4) is 0 Å². The molecule has 174 valence electrons. The smallest absolute Gasteiger partial charge is 0.272 e. The number of amides is 1. The van der Waals surface area contributed by atoms with Crippen LogP contribution in [0, 0.1) is 11.8 Å². The van der Waals surface area contributed by atoms with Gasteiger partial charge in [0.2, 0.25) is 5.95 Å². The van der Waals surface area contributed by atoms with Crippen molar-refractivity contribution >= 4 is 17.1 Å². The number of fused-ring (bicyclic) bond motifs is 1. The van der Waals surface area contributed by atoms with Crippen LogP contribution in [0.15, 0.2) is 35.4 Å². The number of anilines is 1. The number of nitrogens with one attached hydrogen (secondary N) is 2. The number of hydrogen-bond acceptors (Lipinski definition) is 5. The van der Waals surface area contributed by atoms with Crippen LogP contribution in [0.5, 0.6) is 0 Å². The molecule has 3 aromatic rings. The number of aromatic nitrogens is 3. The molecular weight excluding hydrogens is 430 g/mol. The number of carbonyl (C=O) groups excluding carboxylic acids is 1. The highest BCUT2D eigenvalue weighted by molar-refractivity contribution is 5.92. The lowest BCUT2D eigenvalue weighted by Crippen LogP contribution is -2.44. The summed E-state index contributed by atoms with van der Waals surface area (Å²) in [5, 5.41) is 2.57. The number of hydrogen-bond donors (Lipinski definition) is 2. The summed E-state index contributed by atoms with van der Waals surface area (Å²) in [6.07, 6.45) is 6.11. The van der Waals surface area contributed by atoms with Crippen LogP contribution in [0.2, 0.25) is 0 Å². The Labute approximate surface area is 189 Å². The van der Waals surface area contributed by atoms with Gasteiger partial charge in [-0.1, -0.05) is 0 Å². The summed E-state index contributed by atoms with van der Waals surface area (Å²) in [5.41, 5.74) is 1.56. The van der Waals surface area contributed by atoms with Crippen molar-refractivity contribution in [2.45, 2.75) is 31.2 Å². The number of carbonyl (C=O) groups is 1. The molecule has 5 heterocycles. The third kappa shape index (κ3) is 3.99. The Balaban J connectivity index is 1.22. The Kier molecular flexibility index (Phi) is 5.61. The van der Waals surface area contributed by atoms with Crippen LogP contribution in [0.4, 0.5) is 14.5 Å². The molecule has 1 unspecified atom stereocenters. The number of aromatic amines is 1. The molecule has 1 amide bonds. The fraction of sp³-hybridized carbons (Fsp3) is 0.435. The molecule has 0 bridgehead atoms. The predicted molar refractivity (Wildman–Crippen MR) is 120 cm³/mol. The van der Waals surface area contributed by atoms with E-state index >= 15 is 0 Å². The zero-order valence-electron chi connectivity index (χ0n) is 18.4. The number of pyridine rings is 1. The Morgan fingerprint density at radius 2 is 1.97 bits per heavy atom. The third-order valence-corrected chi connectivity index (χ3v) is 6.90. The van der Waals surface area contributed by atoms with Crippen molar-refractivity contribution in [3.8, 4) is 0 Å². The second kappa shape index (κ2) is 8.58. The SMILES string of the molecule is CNC(=O)c1ccc(N2CCC(N3CCC(c4cn5c(F)c(F)cc5c(=O)[nH]4)C3)CC2)cn1. The van der Waals surface area contributed by atoms with Gasteiger partial charge in [0, 0.05) is 56.6 Å². The molecule has 2 N–H and O–H groups in total. The third-order valence-electron chi connectivity index (χ3n) is 6.90. The lowest BCUT2D eigenvalue weighted by molar-refractivity contribution is 0.0958. The second-order valence-corrected chi connectivity index (χ2v) is 8.76.